The highest BCUT2D eigenvalue weighted by molar-refractivity contribution is 8.54. The number of H-pyrrole nitrogens is 1. The Labute approximate surface area is 336 Å². The summed E-state index contributed by atoms with van der Waals surface area (Å²) < 4.78 is 78.0. The molecular weight excluding hydrogens is 840 g/mol. The Morgan fingerprint density at radius 3 is 2.49 bits per heavy atom. The fourth-order valence-electron chi connectivity index (χ4n) is 6.65. The van der Waals surface area contributed by atoms with E-state index in [1.54, 1.807) is 24.3 Å². The first kappa shape index (κ1) is 41.0. The third kappa shape index (κ3) is 8.91. The molecule has 0 aliphatic carbocycles. The molecular formula is C34H35N7O15P2S. The van der Waals surface area contributed by atoms with E-state index in [0.29, 0.717) is 5.56 Å². The molecule has 0 radical (unpaired) electrons. The van der Waals surface area contributed by atoms with Crippen LogP contribution in [0.1, 0.15) is 34.8 Å². The molecule has 3 saturated heterocycles. The summed E-state index contributed by atoms with van der Waals surface area (Å²) in [5.74, 6) is -0.300. The van der Waals surface area contributed by atoms with Gasteiger partial charge in [-0.05, 0) is 53.3 Å². The molecule has 6 heterocycles. The highest BCUT2D eigenvalue weighted by atomic mass is 32.7. The van der Waals surface area contributed by atoms with Crippen LogP contribution in [0.5, 0.6) is 11.5 Å². The summed E-state index contributed by atoms with van der Waals surface area (Å²) in [5.41, 5.74) is 5.79. The summed E-state index contributed by atoms with van der Waals surface area (Å²) >= 11 is 0.793. The number of ether oxygens (including phenoxy) is 4. The maximum absolute atomic E-state index is 14.9. The number of hydrogen-bond acceptors (Lipinski definition) is 19. The van der Waals surface area contributed by atoms with Gasteiger partial charge in [0.1, 0.15) is 47.8 Å². The van der Waals surface area contributed by atoms with Crippen LogP contribution in [-0.2, 0) is 47.2 Å². The molecule has 3 aliphatic rings. The van der Waals surface area contributed by atoms with E-state index in [0.717, 1.165) is 22.0 Å². The van der Waals surface area contributed by atoms with E-state index >= 15 is 0 Å². The van der Waals surface area contributed by atoms with Crippen molar-refractivity contribution in [1.82, 2.24) is 29.1 Å². The van der Waals surface area contributed by atoms with Crippen LogP contribution >= 0.6 is 26.0 Å². The maximum Gasteiger partial charge on any atom is 0.472 e. The van der Waals surface area contributed by atoms with Crippen LogP contribution in [0.15, 0.2) is 83.0 Å². The van der Waals surface area contributed by atoms with Gasteiger partial charge < -0.3 is 34.7 Å². The van der Waals surface area contributed by atoms with Gasteiger partial charge in [0.05, 0.1) is 31.2 Å². The number of fused-ring (bicyclic) bond motifs is 4. The minimum Gasteiger partial charge on any atom is -0.508 e. The van der Waals surface area contributed by atoms with E-state index in [4.69, 9.17) is 42.8 Å². The number of anilines is 1. The third-order valence-electron chi connectivity index (χ3n) is 9.46. The van der Waals surface area contributed by atoms with Gasteiger partial charge in [0.2, 0.25) is 0 Å². The van der Waals surface area contributed by atoms with Gasteiger partial charge in [0.15, 0.2) is 23.9 Å². The summed E-state index contributed by atoms with van der Waals surface area (Å²) in [6.45, 7) is -5.39. The van der Waals surface area contributed by atoms with Crippen molar-refractivity contribution >= 4 is 49.0 Å². The molecule has 3 fully saturated rings. The highest BCUT2D eigenvalue weighted by Gasteiger charge is 2.53. The molecule has 0 spiro atoms. The summed E-state index contributed by atoms with van der Waals surface area (Å²) in [5, 5.41) is 9.52. The Balaban J connectivity index is 1.08. The first-order valence-electron chi connectivity index (χ1n) is 17.7. The predicted molar refractivity (Wildman–Crippen MR) is 204 cm³/mol. The van der Waals surface area contributed by atoms with Gasteiger partial charge in [0, 0.05) is 31.5 Å². The number of phosphoric ester groups is 1. The van der Waals surface area contributed by atoms with Crippen molar-refractivity contribution in [1.29, 1.82) is 0 Å². The van der Waals surface area contributed by atoms with Crippen molar-refractivity contribution < 1.29 is 61.0 Å². The lowest BCUT2D eigenvalue weighted by Gasteiger charge is -2.28. The fraction of sp³-hybridized carbons (Fsp3) is 0.353. The number of carbonyl (C=O) groups is 1. The molecule has 2 bridgehead atoms. The zero-order valence-electron chi connectivity index (χ0n) is 30.6. The average molecular weight is 876 g/mol. The van der Waals surface area contributed by atoms with E-state index in [9.17, 15) is 33.5 Å². The number of aromatic amines is 1. The SMILES string of the molecule is CO[C@@H]1[C@@H]2O[P@](=O)(SCc3ccc(OC(=O)c4ccc(O)cc4)cc3)OC[C@@H]3C[C@@H](OP(=O)(O)OC[C@H]2O[C@H]1n1ccc(=O)[nH]c1=O)[C@H](n1cnc2c(N)ncnc21)O3. The number of hydrogen-bond donors (Lipinski definition) is 4. The lowest BCUT2D eigenvalue weighted by molar-refractivity contribution is -0.0677. The number of aromatic nitrogens is 6. The molecule has 8 rings (SSSR count). The lowest BCUT2D eigenvalue weighted by atomic mass is 10.1. The number of esters is 1. The number of imidazole rings is 1. The molecule has 0 saturated carbocycles. The average Bonchev–Trinajstić information content (AvgIpc) is 3.91. The number of rotatable bonds is 8. The number of nitrogens with one attached hydrogen (secondary N) is 1. The third-order valence-corrected chi connectivity index (χ3v) is 14.1. The van der Waals surface area contributed by atoms with Crippen molar-refractivity contribution in [2.45, 2.75) is 55.1 Å². The Kier molecular flexibility index (Phi) is 11.6. The summed E-state index contributed by atoms with van der Waals surface area (Å²) in [6.07, 6.45) is -4.69. The van der Waals surface area contributed by atoms with Crippen molar-refractivity contribution in [3.63, 3.8) is 0 Å². The van der Waals surface area contributed by atoms with Crippen molar-refractivity contribution in [3.8, 4) is 11.5 Å². The Hall–Kier alpha value is -4.77. The Morgan fingerprint density at radius 2 is 1.75 bits per heavy atom. The molecule has 1 unspecified atom stereocenters. The minimum absolute atomic E-state index is 0.00246. The molecule has 25 heteroatoms. The second-order valence-corrected chi connectivity index (χ2v) is 18.8. The standard InChI is InChI=1S/C34H35N7O15P2S/c1-49-28-27-24(54-32(28)40-11-10-25(43)39-34(40)45)14-50-57(46,47)55-23-12-22(52-31(23)41-17-38-26-29(35)36-16-37-30(26)41)13-51-58(48,56-27)59-15-18-2-8-21(9-3-18)53-33(44)19-4-6-20(42)7-5-19/h2-11,16-17,22-24,27-28,31-32,42H,12-15H2,1H3,(H,46,47)(H2,35,36,37)(H,39,43,45)/t22-,23+,24+,27+,28+,31+,32+,58+/m0/s1. The van der Waals surface area contributed by atoms with Crippen LogP contribution in [0.2, 0.25) is 0 Å². The van der Waals surface area contributed by atoms with E-state index in [-0.39, 0.29) is 52.8 Å². The quantitative estimate of drug-likeness (QED) is 0.0989. The number of nitrogens with zero attached hydrogens (tertiary/aromatic N) is 5. The summed E-state index contributed by atoms with van der Waals surface area (Å²) in [4.78, 5) is 62.9. The minimum atomic E-state index is -4.93. The number of phosphoric acid groups is 1. The van der Waals surface area contributed by atoms with E-state index in [1.165, 1.54) is 54.8 Å². The van der Waals surface area contributed by atoms with Crippen LogP contribution < -0.4 is 21.7 Å². The number of benzene rings is 2. The predicted octanol–water partition coefficient (Wildman–Crippen LogP) is 3.04. The van der Waals surface area contributed by atoms with Crippen LogP contribution in [0, 0.1) is 0 Å². The number of methoxy groups -OCH3 is 1. The second kappa shape index (κ2) is 16.7. The molecule has 22 nitrogen and oxygen atoms in total. The number of aromatic hydroxyl groups is 1. The van der Waals surface area contributed by atoms with E-state index in [2.05, 4.69) is 19.9 Å². The van der Waals surface area contributed by atoms with Crippen LogP contribution in [0.25, 0.3) is 11.2 Å². The fourth-order valence-corrected chi connectivity index (χ4v) is 11.0. The van der Waals surface area contributed by atoms with Crippen LogP contribution in [0.3, 0.4) is 0 Å². The summed E-state index contributed by atoms with van der Waals surface area (Å²) in [6, 6.07) is 13.0. The molecule has 5 N–H and O–H groups in total. The molecule has 2 aromatic carbocycles. The summed E-state index contributed by atoms with van der Waals surface area (Å²) in [7, 11) is -3.65. The van der Waals surface area contributed by atoms with Crippen LogP contribution in [0.4, 0.5) is 5.82 Å². The van der Waals surface area contributed by atoms with E-state index in [1.807, 2.05) is 0 Å². The highest BCUT2D eigenvalue weighted by Crippen LogP contribution is 2.64. The lowest BCUT2D eigenvalue weighted by Crippen LogP contribution is -2.40. The molecule has 312 valence electrons. The van der Waals surface area contributed by atoms with Gasteiger partial charge in [0.25, 0.3) is 5.56 Å². The van der Waals surface area contributed by atoms with Gasteiger partial charge >= 0.3 is 26.3 Å². The van der Waals surface area contributed by atoms with E-state index < -0.39 is 81.4 Å². The molecule has 3 aromatic heterocycles. The number of nitrogen functional groups attached to an aromatic ring is 1. The smallest absolute Gasteiger partial charge is 0.472 e. The number of phenols is 1. The van der Waals surface area contributed by atoms with Crippen molar-refractivity contribution in [2.24, 2.45) is 0 Å². The van der Waals surface area contributed by atoms with Gasteiger partial charge in [-0.1, -0.05) is 12.1 Å². The largest absolute Gasteiger partial charge is 0.508 e. The second-order valence-electron chi connectivity index (χ2n) is 13.3. The molecule has 0 amide bonds. The molecule has 3 aliphatic heterocycles. The van der Waals surface area contributed by atoms with Crippen molar-refractivity contribution in [2.75, 3.05) is 26.1 Å². The number of phenolic OH excluding ortho intramolecular Hbond substituents is 1. The normalized spacial score (nSPS) is 29.9. The number of carbonyl (C=O) groups excluding carboxylic acids is 1. The maximum atomic E-state index is 14.9. The van der Waals surface area contributed by atoms with Gasteiger partial charge in [-0.15, -0.1) is 0 Å². The van der Waals surface area contributed by atoms with Gasteiger partial charge in [-0.3, -0.25) is 37.0 Å². The molecule has 59 heavy (non-hydrogen) atoms. The molecule has 9 atom stereocenters. The van der Waals surface area contributed by atoms with Gasteiger partial charge in [-0.2, -0.15) is 0 Å². The molecule has 5 aromatic rings. The number of nitrogens with two attached hydrogens (primary N) is 1. The van der Waals surface area contributed by atoms with Crippen LogP contribution in [-0.4, -0.2) is 95.9 Å². The zero-order chi connectivity index (χ0) is 41.5. The topological polar surface area (TPSA) is 290 Å². The Morgan fingerprint density at radius 1 is 0.966 bits per heavy atom. The monoisotopic (exact) mass is 875 g/mol. The first-order chi connectivity index (χ1) is 28.3. The first-order valence-corrected chi connectivity index (χ1v) is 22.3. The van der Waals surface area contributed by atoms with Gasteiger partial charge in [-0.25, -0.2) is 33.7 Å². The van der Waals surface area contributed by atoms with Crippen molar-refractivity contribution in [3.05, 3.63) is 105 Å². The zero-order valence-corrected chi connectivity index (χ0v) is 33.2. The Bertz CT molecular complexity index is 2560.